The average Bonchev–Trinajstić information content (AvgIpc) is 3.09. The van der Waals surface area contributed by atoms with Gasteiger partial charge in [0.25, 0.3) is 0 Å². The molecule has 2 nitrogen and oxygen atoms in total. The molecule has 0 amide bonds. The van der Waals surface area contributed by atoms with E-state index in [-0.39, 0.29) is 12.2 Å². The lowest BCUT2D eigenvalue weighted by Crippen LogP contribution is -2.18. The summed E-state index contributed by atoms with van der Waals surface area (Å²) in [6, 6.07) is 5.58. The molecular formula is C13H16BClO2. The van der Waals surface area contributed by atoms with Crippen LogP contribution in [0.15, 0.2) is 18.2 Å². The summed E-state index contributed by atoms with van der Waals surface area (Å²) in [6.45, 7) is 3.60. The van der Waals surface area contributed by atoms with Gasteiger partial charge in [0.1, 0.15) is 14.0 Å². The second kappa shape index (κ2) is 5.90. The van der Waals surface area contributed by atoms with Crippen molar-refractivity contribution in [2.24, 2.45) is 0 Å². The van der Waals surface area contributed by atoms with Gasteiger partial charge in [-0.15, -0.1) is 0 Å². The Morgan fingerprint density at radius 1 is 1.59 bits per heavy atom. The Morgan fingerprint density at radius 2 is 2.35 bits per heavy atom. The summed E-state index contributed by atoms with van der Waals surface area (Å²) in [5, 5.41) is 0.659. The van der Waals surface area contributed by atoms with Crippen molar-refractivity contribution in [1.82, 2.24) is 0 Å². The molecule has 0 bridgehead atoms. The smallest absolute Gasteiger partial charge is 0.114 e. The van der Waals surface area contributed by atoms with Crippen molar-refractivity contribution in [2.75, 3.05) is 13.2 Å². The maximum absolute atomic E-state index is 5.98. The van der Waals surface area contributed by atoms with Crippen molar-refractivity contribution in [2.45, 2.75) is 32.0 Å². The zero-order valence-corrected chi connectivity index (χ0v) is 10.7. The van der Waals surface area contributed by atoms with E-state index in [0.29, 0.717) is 17.1 Å². The van der Waals surface area contributed by atoms with Gasteiger partial charge < -0.3 is 9.47 Å². The number of benzene rings is 1. The molecule has 1 fully saturated rings. The van der Waals surface area contributed by atoms with Crippen LogP contribution < -0.4 is 5.46 Å². The minimum absolute atomic E-state index is 0.0430. The van der Waals surface area contributed by atoms with E-state index >= 15 is 0 Å². The fourth-order valence-electron chi connectivity index (χ4n) is 1.82. The van der Waals surface area contributed by atoms with E-state index in [2.05, 4.69) is 6.92 Å². The first-order chi connectivity index (χ1) is 8.20. The van der Waals surface area contributed by atoms with Crippen molar-refractivity contribution in [3.63, 3.8) is 0 Å². The van der Waals surface area contributed by atoms with E-state index in [1.807, 2.05) is 12.1 Å². The molecule has 2 rings (SSSR count). The van der Waals surface area contributed by atoms with E-state index in [0.717, 1.165) is 25.0 Å². The topological polar surface area (TPSA) is 21.8 Å². The van der Waals surface area contributed by atoms with Crippen LogP contribution in [0.2, 0.25) is 5.02 Å². The summed E-state index contributed by atoms with van der Waals surface area (Å²) in [5.41, 5.74) is 1.73. The Kier molecular flexibility index (Phi) is 4.49. The molecule has 17 heavy (non-hydrogen) atoms. The second-order valence-corrected chi connectivity index (χ2v) is 4.78. The molecule has 0 spiro atoms. The minimum atomic E-state index is 0.0430. The molecule has 1 aromatic carbocycles. The monoisotopic (exact) mass is 250 g/mol. The molecule has 2 atom stereocenters. The molecule has 0 saturated carbocycles. The summed E-state index contributed by atoms with van der Waals surface area (Å²) in [4.78, 5) is 0. The molecule has 4 heteroatoms. The van der Waals surface area contributed by atoms with Gasteiger partial charge in [0, 0.05) is 5.02 Å². The Hall–Kier alpha value is -0.505. The Labute approximate surface area is 109 Å². The van der Waals surface area contributed by atoms with Gasteiger partial charge in [0.2, 0.25) is 0 Å². The highest BCUT2D eigenvalue weighted by Crippen LogP contribution is 2.24. The lowest BCUT2D eigenvalue weighted by atomic mass is 9.87. The van der Waals surface area contributed by atoms with E-state index < -0.39 is 0 Å². The molecule has 1 aromatic rings. The van der Waals surface area contributed by atoms with Gasteiger partial charge in [-0.2, -0.15) is 0 Å². The zero-order valence-electron chi connectivity index (χ0n) is 9.99. The fraction of sp³-hybridized carbons (Fsp3) is 0.538. The Morgan fingerprint density at radius 3 is 2.94 bits per heavy atom. The van der Waals surface area contributed by atoms with Crippen LogP contribution in [0.5, 0.6) is 0 Å². The lowest BCUT2D eigenvalue weighted by Gasteiger charge is -2.19. The highest BCUT2D eigenvalue weighted by molar-refractivity contribution is 6.36. The molecule has 0 aromatic heterocycles. The van der Waals surface area contributed by atoms with Gasteiger partial charge in [-0.3, -0.25) is 0 Å². The first kappa shape index (κ1) is 12.9. The van der Waals surface area contributed by atoms with Gasteiger partial charge >= 0.3 is 0 Å². The van der Waals surface area contributed by atoms with Crippen LogP contribution in [0.1, 0.15) is 31.4 Å². The van der Waals surface area contributed by atoms with Crippen LogP contribution in [-0.2, 0) is 9.47 Å². The van der Waals surface area contributed by atoms with Crippen molar-refractivity contribution in [3.8, 4) is 0 Å². The minimum Gasteiger partial charge on any atom is -0.371 e. The molecule has 1 aliphatic rings. The average molecular weight is 251 g/mol. The largest absolute Gasteiger partial charge is 0.371 e. The third kappa shape index (κ3) is 3.73. The number of halogens is 1. The third-order valence-electron chi connectivity index (χ3n) is 2.83. The predicted octanol–water partition coefficient (Wildman–Crippen LogP) is 2.39. The van der Waals surface area contributed by atoms with E-state index in [9.17, 15) is 0 Å². The maximum Gasteiger partial charge on any atom is 0.114 e. The Balaban J connectivity index is 2.06. The molecule has 0 N–H and O–H groups in total. The zero-order chi connectivity index (χ0) is 12.3. The van der Waals surface area contributed by atoms with Gasteiger partial charge in [-0.25, -0.2) is 0 Å². The van der Waals surface area contributed by atoms with E-state index in [1.165, 1.54) is 0 Å². The lowest BCUT2D eigenvalue weighted by molar-refractivity contribution is 0.0365. The van der Waals surface area contributed by atoms with Crippen LogP contribution >= 0.6 is 11.6 Å². The summed E-state index contributed by atoms with van der Waals surface area (Å²) in [5.74, 6) is 0. The quantitative estimate of drug-likeness (QED) is 0.571. The summed E-state index contributed by atoms with van der Waals surface area (Å²) < 4.78 is 11.0. The van der Waals surface area contributed by atoms with Crippen LogP contribution in [-0.4, -0.2) is 27.2 Å². The summed E-state index contributed by atoms with van der Waals surface area (Å²) in [7, 11) is 5.98. The third-order valence-corrected chi connectivity index (χ3v) is 3.07. The van der Waals surface area contributed by atoms with Crippen molar-refractivity contribution >= 4 is 24.9 Å². The predicted molar refractivity (Wildman–Crippen MR) is 70.2 cm³/mol. The maximum atomic E-state index is 5.98. The van der Waals surface area contributed by atoms with Gasteiger partial charge in [0.05, 0.1) is 19.3 Å². The fourth-order valence-corrected chi connectivity index (χ4v) is 2.00. The SMILES string of the molecule is [B]c1cc(Cl)ccc1[C@@H](CCC)OCC1CO1. The molecule has 1 aliphatic heterocycles. The first-order valence-corrected chi connectivity index (χ1v) is 6.36. The molecule has 1 saturated heterocycles. The number of epoxide rings is 1. The van der Waals surface area contributed by atoms with Crippen molar-refractivity contribution in [3.05, 3.63) is 28.8 Å². The molecular weight excluding hydrogens is 234 g/mol. The molecule has 0 aliphatic carbocycles. The number of ether oxygens (including phenoxy) is 2. The van der Waals surface area contributed by atoms with Crippen LogP contribution in [0, 0.1) is 0 Å². The van der Waals surface area contributed by atoms with Gasteiger partial charge in [-0.05, 0) is 18.1 Å². The second-order valence-electron chi connectivity index (χ2n) is 4.34. The Bertz CT molecular complexity index is 380. The van der Waals surface area contributed by atoms with E-state index in [4.69, 9.17) is 28.9 Å². The highest BCUT2D eigenvalue weighted by Gasteiger charge is 2.24. The van der Waals surface area contributed by atoms with Crippen LogP contribution in [0.4, 0.5) is 0 Å². The number of rotatable bonds is 6. The van der Waals surface area contributed by atoms with Crippen molar-refractivity contribution < 1.29 is 9.47 Å². The number of hydrogen-bond acceptors (Lipinski definition) is 2. The van der Waals surface area contributed by atoms with Crippen LogP contribution in [0.25, 0.3) is 0 Å². The first-order valence-electron chi connectivity index (χ1n) is 5.98. The highest BCUT2D eigenvalue weighted by atomic mass is 35.5. The molecule has 2 radical (unpaired) electrons. The van der Waals surface area contributed by atoms with Gasteiger partial charge in [0.15, 0.2) is 0 Å². The normalized spacial score (nSPS) is 20.2. The number of hydrogen-bond donors (Lipinski definition) is 0. The van der Waals surface area contributed by atoms with E-state index in [1.54, 1.807) is 6.07 Å². The van der Waals surface area contributed by atoms with Crippen LogP contribution in [0.3, 0.4) is 0 Å². The summed E-state index contributed by atoms with van der Waals surface area (Å²) >= 11 is 5.90. The molecule has 90 valence electrons. The summed E-state index contributed by atoms with van der Waals surface area (Å²) in [6.07, 6.45) is 2.33. The molecule has 1 unspecified atom stereocenters. The van der Waals surface area contributed by atoms with Gasteiger partial charge in [-0.1, -0.05) is 42.5 Å². The van der Waals surface area contributed by atoms with Crippen molar-refractivity contribution in [1.29, 1.82) is 0 Å². The standard InChI is InChI=1S/C13H16BClO2/c1-2-3-13(17-8-10-7-16-10)11-5-4-9(15)6-12(11)14/h4-6,10,13H,2-3,7-8H2,1H3/t10?,13-/m1/s1. The molecule has 1 heterocycles.